The highest BCUT2D eigenvalue weighted by Gasteiger charge is 2.61. The molecule has 2 fully saturated rings. The molecule has 2 nitrogen and oxygen atoms in total. The molecule has 2 rings (SSSR count). The fraction of sp³-hybridized carbons (Fsp3) is 0.727. The highest BCUT2D eigenvalue weighted by molar-refractivity contribution is 9.11. The van der Waals surface area contributed by atoms with Crippen molar-refractivity contribution >= 4 is 21.7 Å². The summed E-state index contributed by atoms with van der Waals surface area (Å²) in [5.41, 5.74) is -0.347. The molecule has 2 saturated carbocycles. The van der Waals surface area contributed by atoms with E-state index >= 15 is 0 Å². The molecule has 0 amide bonds. The van der Waals surface area contributed by atoms with Crippen LogP contribution in [-0.4, -0.2) is 16.5 Å². The fourth-order valence-corrected chi connectivity index (χ4v) is 3.47. The van der Waals surface area contributed by atoms with Crippen LogP contribution in [0.5, 0.6) is 0 Å². The van der Waals surface area contributed by atoms with Crippen LogP contribution in [0.3, 0.4) is 0 Å². The largest absolute Gasteiger partial charge is 0.384 e. The van der Waals surface area contributed by atoms with Crippen LogP contribution in [0.15, 0.2) is 10.1 Å². The highest BCUT2D eigenvalue weighted by Crippen LogP contribution is 2.58. The SMILES string of the molecule is C/C(Br)=C1/CC[C@]2(C)C(=O)CC[C@]12O. The number of hydrogen-bond donors (Lipinski definition) is 1. The Hall–Kier alpha value is -0.150. The Morgan fingerprint density at radius 1 is 1.43 bits per heavy atom. The molecule has 78 valence electrons. The van der Waals surface area contributed by atoms with Crippen molar-refractivity contribution in [3.8, 4) is 0 Å². The maximum absolute atomic E-state index is 11.8. The second-order valence-electron chi connectivity index (χ2n) is 4.63. The smallest absolute Gasteiger partial charge is 0.142 e. The van der Waals surface area contributed by atoms with Crippen molar-refractivity contribution in [2.45, 2.75) is 45.1 Å². The van der Waals surface area contributed by atoms with Crippen LogP contribution < -0.4 is 0 Å². The minimum atomic E-state index is -0.863. The van der Waals surface area contributed by atoms with E-state index in [1.54, 1.807) is 0 Å². The summed E-state index contributed by atoms with van der Waals surface area (Å²) in [5, 5.41) is 10.6. The molecule has 0 unspecified atom stereocenters. The third-order valence-electron chi connectivity index (χ3n) is 4.03. The van der Waals surface area contributed by atoms with Gasteiger partial charge in [0, 0.05) is 6.42 Å². The molecule has 1 N–H and O–H groups in total. The minimum Gasteiger partial charge on any atom is -0.384 e. The van der Waals surface area contributed by atoms with Crippen LogP contribution in [0.4, 0.5) is 0 Å². The van der Waals surface area contributed by atoms with E-state index in [-0.39, 0.29) is 5.78 Å². The van der Waals surface area contributed by atoms with Crippen LogP contribution in [0.25, 0.3) is 0 Å². The zero-order valence-corrected chi connectivity index (χ0v) is 10.1. The van der Waals surface area contributed by atoms with Gasteiger partial charge in [0.15, 0.2) is 0 Å². The maximum atomic E-state index is 11.8. The average molecular weight is 259 g/mol. The number of fused-ring (bicyclic) bond motifs is 1. The highest BCUT2D eigenvalue weighted by atomic mass is 79.9. The Bertz CT molecular complexity index is 330. The Morgan fingerprint density at radius 2 is 2.07 bits per heavy atom. The van der Waals surface area contributed by atoms with Gasteiger partial charge in [-0.05, 0) is 43.2 Å². The standard InChI is InChI=1S/C11H15BrO2/c1-7(12)8-3-5-10(2)9(13)4-6-11(8,10)14/h14H,3-6H2,1-2H3/b8-7+/t10-,11+/m1/s1. The third-order valence-corrected chi connectivity index (χ3v) is 4.51. The molecule has 2 aliphatic carbocycles. The van der Waals surface area contributed by atoms with Gasteiger partial charge in [-0.2, -0.15) is 0 Å². The molecule has 14 heavy (non-hydrogen) atoms. The van der Waals surface area contributed by atoms with Crippen molar-refractivity contribution in [1.82, 2.24) is 0 Å². The number of ketones is 1. The van der Waals surface area contributed by atoms with E-state index in [9.17, 15) is 9.90 Å². The maximum Gasteiger partial charge on any atom is 0.142 e. The van der Waals surface area contributed by atoms with Crippen molar-refractivity contribution in [3.05, 3.63) is 10.1 Å². The fourth-order valence-electron chi connectivity index (χ4n) is 2.95. The predicted octanol–water partition coefficient (Wildman–Crippen LogP) is 2.55. The van der Waals surface area contributed by atoms with Crippen molar-refractivity contribution < 1.29 is 9.90 Å². The molecule has 3 heteroatoms. The number of carbonyl (C=O) groups is 1. The number of hydrogen-bond acceptors (Lipinski definition) is 2. The molecule has 0 radical (unpaired) electrons. The van der Waals surface area contributed by atoms with Gasteiger partial charge in [0.05, 0.1) is 11.0 Å². The van der Waals surface area contributed by atoms with Crippen molar-refractivity contribution in [3.63, 3.8) is 0 Å². The zero-order chi connectivity index (χ0) is 10.6. The molecule has 0 spiro atoms. The number of aliphatic hydroxyl groups is 1. The first kappa shape index (κ1) is 10.4. The molecule has 2 atom stereocenters. The van der Waals surface area contributed by atoms with E-state index in [1.165, 1.54) is 0 Å². The van der Waals surface area contributed by atoms with Crippen LogP contribution in [0, 0.1) is 5.41 Å². The second-order valence-corrected chi connectivity index (χ2v) is 5.82. The molecule has 0 aromatic rings. The van der Waals surface area contributed by atoms with E-state index in [1.807, 2.05) is 13.8 Å². The van der Waals surface area contributed by atoms with Crippen molar-refractivity contribution in [2.24, 2.45) is 5.41 Å². The van der Waals surface area contributed by atoms with Crippen LogP contribution >= 0.6 is 15.9 Å². The van der Waals surface area contributed by atoms with E-state index in [0.717, 1.165) is 22.9 Å². The summed E-state index contributed by atoms with van der Waals surface area (Å²) in [4.78, 5) is 11.8. The number of rotatable bonds is 0. The monoisotopic (exact) mass is 258 g/mol. The van der Waals surface area contributed by atoms with Crippen LogP contribution in [-0.2, 0) is 4.79 Å². The summed E-state index contributed by atoms with van der Waals surface area (Å²) in [5.74, 6) is 0.226. The minimum absolute atomic E-state index is 0.226. The third kappa shape index (κ3) is 1.03. The van der Waals surface area contributed by atoms with E-state index in [0.29, 0.717) is 12.8 Å². The molecule has 0 saturated heterocycles. The Labute approximate surface area is 92.5 Å². The molecule has 2 aliphatic rings. The van der Waals surface area contributed by atoms with Crippen molar-refractivity contribution in [2.75, 3.05) is 0 Å². The lowest BCUT2D eigenvalue weighted by Gasteiger charge is -2.32. The summed E-state index contributed by atoms with van der Waals surface area (Å²) in [6.07, 6.45) is 2.76. The predicted molar refractivity (Wildman–Crippen MR) is 58.2 cm³/mol. The molecule has 0 aromatic carbocycles. The topological polar surface area (TPSA) is 37.3 Å². The average Bonchev–Trinajstić information content (AvgIpc) is 2.47. The Balaban J connectivity index is 2.53. The van der Waals surface area contributed by atoms with E-state index in [2.05, 4.69) is 15.9 Å². The molecule has 0 bridgehead atoms. The second kappa shape index (κ2) is 2.92. The summed E-state index contributed by atoms with van der Waals surface area (Å²) in [7, 11) is 0. The van der Waals surface area contributed by atoms with Gasteiger partial charge in [-0.25, -0.2) is 0 Å². The van der Waals surface area contributed by atoms with Gasteiger partial charge < -0.3 is 5.11 Å². The summed E-state index contributed by atoms with van der Waals surface area (Å²) in [6, 6.07) is 0. The quantitative estimate of drug-likeness (QED) is 0.725. The van der Waals surface area contributed by atoms with Gasteiger partial charge in [0.2, 0.25) is 0 Å². The first-order valence-corrected chi connectivity index (χ1v) is 5.82. The normalized spacial score (nSPS) is 45.6. The van der Waals surface area contributed by atoms with E-state index in [4.69, 9.17) is 0 Å². The lowest BCUT2D eigenvalue weighted by molar-refractivity contribution is -0.130. The first-order chi connectivity index (χ1) is 6.42. The van der Waals surface area contributed by atoms with Gasteiger partial charge in [-0.15, -0.1) is 0 Å². The van der Waals surface area contributed by atoms with Gasteiger partial charge >= 0.3 is 0 Å². The van der Waals surface area contributed by atoms with Gasteiger partial charge in [-0.1, -0.05) is 15.9 Å². The van der Waals surface area contributed by atoms with Crippen LogP contribution in [0.1, 0.15) is 39.5 Å². The Kier molecular flexibility index (Phi) is 2.16. The van der Waals surface area contributed by atoms with Crippen molar-refractivity contribution in [1.29, 1.82) is 0 Å². The zero-order valence-electron chi connectivity index (χ0n) is 8.56. The number of Topliss-reactive ketones (excluding diaryl/α,β-unsaturated/α-hetero) is 1. The summed E-state index contributed by atoms with van der Waals surface area (Å²) in [6.45, 7) is 3.85. The van der Waals surface area contributed by atoms with Gasteiger partial charge in [-0.3, -0.25) is 4.79 Å². The lowest BCUT2D eigenvalue weighted by Crippen LogP contribution is -2.41. The summed E-state index contributed by atoms with van der Waals surface area (Å²) >= 11 is 3.43. The molecule has 0 aromatic heterocycles. The summed E-state index contributed by atoms with van der Waals surface area (Å²) < 4.78 is 0.999. The first-order valence-electron chi connectivity index (χ1n) is 5.03. The lowest BCUT2D eigenvalue weighted by atomic mass is 9.77. The molecular weight excluding hydrogens is 244 g/mol. The van der Waals surface area contributed by atoms with Crippen LogP contribution in [0.2, 0.25) is 0 Å². The molecule has 0 heterocycles. The number of allylic oxidation sites excluding steroid dienone is 1. The molecular formula is C11H15BrO2. The number of halogens is 1. The Morgan fingerprint density at radius 3 is 2.64 bits per heavy atom. The van der Waals surface area contributed by atoms with Gasteiger partial charge in [0.1, 0.15) is 5.78 Å². The van der Waals surface area contributed by atoms with Gasteiger partial charge in [0.25, 0.3) is 0 Å². The van der Waals surface area contributed by atoms with E-state index < -0.39 is 11.0 Å². The molecule has 0 aliphatic heterocycles. The number of carbonyl (C=O) groups excluding carboxylic acids is 1.